The number of rotatable bonds is 5. The largest absolute Gasteiger partial charge is 0.384 e. The summed E-state index contributed by atoms with van der Waals surface area (Å²) in [6.07, 6.45) is 5.48. The third-order valence-electron chi connectivity index (χ3n) is 2.79. The van der Waals surface area contributed by atoms with Crippen LogP contribution in [0.3, 0.4) is 0 Å². The molecule has 0 bridgehead atoms. The first-order chi connectivity index (χ1) is 5.83. The Morgan fingerprint density at radius 3 is 2.83 bits per heavy atom. The zero-order chi connectivity index (χ0) is 8.81. The lowest BCUT2D eigenvalue weighted by Gasteiger charge is -2.08. The topological polar surface area (TPSA) is 25.8 Å². The molecule has 0 saturated heterocycles. The van der Waals surface area contributed by atoms with Crippen LogP contribution >= 0.6 is 0 Å². The van der Waals surface area contributed by atoms with Crippen molar-refractivity contribution in [3.8, 4) is 0 Å². The lowest BCUT2D eigenvalue weighted by atomic mass is 10.1. The van der Waals surface area contributed by atoms with Crippen LogP contribution in [0.25, 0.3) is 0 Å². The molecule has 2 nitrogen and oxygen atoms in total. The van der Waals surface area contributed by atoms with E-state index in [1.807, 2.05) is 0 Å². The monoisotopic (exact) mass is 172 g/mol. The molecule has 0 radical (unpaired) electrons. The molecule has 1 rings (SSSR count). The fraction of sp³-hybridized carbons (Fsp3) is 1.00. The second kappa shape index (κ2) is 5.55. The van der Waals surface area contributed by atoms with Crippen molar-refractivity contribution >= 4 is 0 Å². The summed E-state index contributed by atoms with van der Waals surface area (Å²) < 4.78 is 5.01. The zero-order valence-corrected chi connectivity index (χ0v) is 8.38. The van der Waals surface area contributed by atoms with E-state index in [0.29, 0.717) is 0 Å². The van der Waals surface area contributed by atoms with E-state index in [1.165, 1.54) is 32.2 Å². The molecule has 1 saturated carbocycles. The average molecular weight is 172 g/mol. The molecular weight excluding hydrogens is 150 g/mol. The van der Waals surface area contributed by atoms with Crippen molar-refractivity contribution in [1.29, 1.82) is 0 Å². The van der Waals surface area contributed by atoms with Crippen LogP contribution in [0.4, 0.5) is 0 Å². The summed E-state index contributed by atoms with van der Waals surface area (Å²) in [5.41, 5.74) is 0. The molecule has 0 heterocycles. The van der Waals surface area contributed by atoms with Crippen molar-refractivity contribution in [2.45, 2.75) is 38.6 Å². The third kappa shape index (κ3) is 3.55. The summed E-state index contributed by atoms with van der Waals surface area (Å²) in [4.78, 5) is 0. The van der Waals surface area contributed by atoms with Gasteiger partial charge in [-0.25, -0.2) is 0 Å². The van der Waals surface area contributed by atoms with Gasteiger partial charge in [-0.3, -0.25) is 0 Å². The van der Waals surface area contributed by atoms with E-state index in [-0.39, 0.29) is 0 Å². The highest BCUT2D eigenvalue weighted by molar-refractivity contribution is 4.70. The Morgan fingerprint density at radius 1 is 1.42 bits per heavy atom. The molecule has 2 atom stereocenters. The SMILES string of the molecule is COCCC[NH2+][C@H]1CC[C@H](C)C1. The molecule has 2 N–H and O–H groups in total. The van der Waals surface area contributed by atoms with E-state index in [4.69, 9.17) is 4.74 Å². The summed E-state index contributed by atoms with van der Waals surface area (Å²) in [6.45, 7) is 4.52. The van der Waals surface area contributed by atoms with Crippen LogP contribution in [0.15, 0.2) is 0 Å². The van der Waals surface area contributed by atoms with E-state index in [1.54, 1.807) is 7.11 Å². The van der Waals surface area contributed by atoms with Crippen molar-refractivity contribution in [3.05, 3.63) is 0 Å². The van der Waals surface area contributed by atoms with Crippen molar-refractivity contribution in [2.75, 3.05) is 20.3 Å². The van der Waals surface area contributed by atoms with Gasteiger partial charge in [-0.1, -0.05) is 6.92 Å². The van der Waals surface area contributed by atoms with Crippen LogP contribution in [0, 0.1) is 5.92 Å². The van der Waals surface area contributed by atoms with Crippen molar-refractivity contribution < 1.29 is 10.1 Å². The number of hydrogen-bond acceptors (Lipinski definition) is 1. The standard InChI is InChI=1S/C10H21NO/c1-9-4-5-10(8-9)11-6-3-7-12-2/h9-11H,3-8H2,1-2H3/p+1/t9-,10-/m0/s1. The molecule has 0 aliphatic heterocycles. The Kier molecular flexibility index (Phi) is 4.62. The van der Waals surface area contributed by atoms with Gasteiger partial charge in [-0.05, 0) is 18.8 Å². The smallest absolute Gasteiger partial charge is 0.0861 e. The Balaban J connectivity index is 1.93. The van der Waals surface area contributed by atoms with Crippen molar-refractivity contribution in [1.82, 2.24) is 0 Å². The van der Waals surface area contributed by atoms with Gasteiger partial charge >= 0.3 is 0 Å². The Hall–Kier alpha value is -0.0800. The van der Waals surface area contributed by atoms with Gasteiger partial charge in [-0.2, -0.15) is 0 Å². The van der Waals surface area contributed by atoms with Gasteiger partial charge in [0, 0.05) is 20.0 Å². The zero-order valence-electron chi connectivity index (χ0n) is 8.38. The van der Waals surface area contributed by atoms with E-state index < -0.39 is 0 Å². The first-order valence-electron chi connectivity index (χ1n) is 5.15. The van der Waals surface area contributed by atoms with E-state index in [9.17, 15) is 0 Å². The molecule has 0 spiro atoms. The van der Waals surface area contributed by atoms with Gasteiger partial charge in [0.15, 0.2) is 0 Å². The molecule has 0 amide bonds. The lowest BCUT2D eigenvalue weighted by molar-refractivity contribution is -0.688. The predicted octanol–water partition coefficient (Wildman–Crippen LogP) is 0.775. The normalized spacial score (nSPS) is 29.5. The maximum Gasteiger partial charge on any atom is 0.0861 e. The van der Waals surface area contributed by atoms with E-state index in [2.05, 4.69) is 12.2 Å². The number of quaternary nitrogens is 1. The molecule has 0 aromatic carbocycles. The highest BCUT2D eigenvalue weighted by Crippen LogP contribution is 2.21. The number of ether oxygens (including phenoxy) is 1. The van der Waals surface area contributed by atoms with Gasteiger partial charge in [0.05, 0.1) is 19.2 Å². The van der Waals surface area contributed by atoms with Gasteiger partial charge in [0.1, 0.15) is 0 Å². The van der Waals surface area contributed by atoms with Gasteiger partial charge in [0.2, 0.25) is 0 Å². The van der Waals surface area contributed by atoms with E-state index >= 15 is 0 Å². The molecule has 0 unspecified atom stereocenters. The van der Waals surface area contributed by atoms with Crippen LogP contribution in [-0.4, -0.2) is 26.3 Å². The number of nitrogens with two attached hydrogens (primary N) is 1. The quantitative estimate of drug-likeness (QED) is 0.609. The number of hydrogen-bond donors (Lipinski definition) is 1. The summed E-state index contributed by atoms with van der Waals surface area (Å²) in [7, 11) is 1.78. The molecule has 1 aliphatic rings. The van der Waals surface area contributed by atoms with Crippen LogP contribution in [-0.2, 0) is 4.74 Å². The molecule has 0 aromatic heterocycles. The van der Waals surface area contributed by atoms with Crippen LogP contribution in [0.1, 0.15) is 32.6 Å². The van der Waals surface area contributed by atoms with Crippen LogP contribution in [0.5, 0.6) is 0 Å². The summed E-state index contributed by atoms with van der Waals surface area (Å²) >= 11 is 0. The molecule has 1 aliphatic carbocycles. The third-order valence-corrected chi connectivity index (χ3v) is 2.79. The first-order valence-corrected chi connectivity index (χ1v) is 5.15. The van der Waals surface area contributed by atoms with Crippen molar-refractivity contribution in [2.24, 2.45) is 5.92 Å². The van der Waals surface area contributed by atoms with Gasteiger partial charge in [0.25, 0.3) is 0 Å². The maximum absolute atomic E-state index is 5.01. The molecular formula is C10H22NO+. The predicted molar refractivity (Wildman–Crippen MR) is 50.1 cm³/mol. The van der Waals surface area contributed by atoms with Crippen LogP contribution in [0.2, 0.25) is 0 Å². The molecule has 0 aromatic rings. The fourth-order valence-corrected chi connectivity index (χ4v) is 2.05. The van der Waals surface area contributed by atoms with Gasteiger partial charge < -0.3 is 10.1 Å². The van der Waals surface area contributed by atoms with Crippen molar-refractivity contribution in [3.63, 3.8) is 0 Å². The Labute approximate surface area is 75.7 Å². The highest BCUT2D eigenvalue weighted by atomic mass is 16.5. The first kappa shape index (κ1) is 10.0. The van der Waals surface area contributed by atoms with Crippen LogP contribution < -0.4 is 5.32 Å². The summed E-state index contributed by atoms with van der Waals surface area (Å²) in [5.74, 6) is 0.966. The molecule has 2 heteroatoms. The second-order valence-electron chi connectivity index (χ2n) is 4.05. The Bertz CT molecular complexity index is 116. The number of methoxy groups -OCH3 is 1. The minimum absolute atomic E-state index is 0.914. The minimum Gasteiger partial charge on any atom is -0.384 e. The Morgan fingerprint density at radius 2 is 2.25 bits per heavy atom. The molecule has 1 fully saturated rings. The summed E-state index contributed by atoms with van der Waals surface area (Å²) in [6, 6.07) is 0.914. The minimum atomic E-state index is 0.914. The highest BCUT2D eigenvalue weighted by Gasteiger charge is 2.23. The fourth-order valence-electron chi connectivity index (χ4n) is 2.05. The second-order valence-corrected chi connectivity index (χ2v) is 4.05. The lowest BCUT2D eigenvalue weighted by Crippen LogP contribution is -2.89. The van der Waals surface area contributed by atoms with E-state index in [0.717, 1.165) is 18.6 Å². The average Bonchev–Trinajstić information content (AvgIpc) is 2.45. The van der Waals surface area contributed by atoms with Gasteiger partial charge in [-0.15, -0.1) is 0 Å². The maximum atomic E-state index is 5.01. The molecule has 12 heavy (non-hydrogen) atoms. The summed E-state index contributed by atoms with van der Waals surface area (Å²) in [5, 5.41) is 2.50. The molecule has 72 valence electrons.